The maximum Gasteiger partial charge on any atom is 0.315 e. The number of amides is 2. The molecule has 4 heteroatoms. The van der Waals surface area contributed by atoms with E-state index in [0.29, 0.717) is 12.0 Å². The highest BCUT2D eigenvalue weighted by atomic mass is 16.5. The molecule has 4 nitrogen and oxygen atoms in total. The summed E-state index contributed by atoms with van der Waals surface area (Å²) in [5.41, 5.74) is 0. The molecule has 1 aliphatic carbocycles. The number of urea groups is 1. The summed E-state index contributed by atoms with van der Waals surface area (Å²) < 4.78 is 5.25. The van der Waals surface area contributed by atoms with Crippen molar-refractivity contribution in [2.75, 3.05) is 19.8 Å². The van der Waals surface area contributed by atoms with Crippen LogP contribution >= 0.6 is 0 Å². The molecule has 2 amide bonds. The Hall–Kier alpha value is -0.770. The van der Waals surface area contributed by atoms with Crippen LogP contribution in [0.15, 0.2) is 0 Å². The van der Waals surface area contributed by atoms with Crippen LogP contribution < -0.4 is 10.6 Å². The van der Waals surface area contributed by atoms with Crippen molar-refractivity contribution in [3.63, 3.8) is 0 Å². The van der Waals surface area contributed by atoms with Gasteiger partial charge in [0.25, 0.3) is 0 Å². The van der Waals surface area contributed by atoms with Gasteiger partial charge in [0, 0.05) is 25.1 Å². The van der Waals surface area contributed by atoms with Gasteiger partial charge < -0.3 is 15.4 Å². The molecule has 0 radical (unpaired) electrons. The van der Waals surface area contributed by atoms with Gasteiger partial charge in [-0.3, -0.25) is 0 Å². The Labute approximate surface area is 90.8 Å². The van der Waals surface area contributed by atoms with Gasteiger partial charge in [-0.1, -0.05) is 12.8 Å². The third-order valence-electron chi connectivity index (χ3n) is 3.27. The standard InChI is InChI=1S/C11H20N2O2/c14-11(13-10-3-1-2-4-10)12-7-9-5-6-15-8-9/h9-10H,1-8H2,(H2,12,13,14). The Bertz CT molecular complexity index is 209. The van der Waals surface area contributed by atoms with E-state index in [9.17, 15) is 4.79 Å². The van der Waals surface area contributed by atoms with Crippen LogP contribution in [0.1, 0.15) is 32.1 Å². The Morgan fingerprint density at radius 3 is 2.73 bits per heavy atom. The van der Waals surface area contributed by atoms with Crippen LogP contribution in [0.5, 0.6) is 0 Å². The fraction of sp³-hybridized carbons (Fsp3) is 0.909. The van der Waals surface area contributed by atoms with E-state index in [1.165, 1.54) is 12.8 Å². The van der Waals surface area contributed by atoms with Crippen molar-refractivity contribution in [1.82, 2.24) is 10.6 Å². The Morgan fingerprint density at radius 2 is 2.07 bits per heavy atom. The third-order valence-corrected chi connectivity index (χ3v) is 3.27. The zero-order chi connectivity index (χ0) is 10.5. The number of hydrogen-bond donors (Lipinski definition) is 2. The predicted octanol–water partition coefficient (Wildman–Crippen LogP) is 1.26. The predicted molar refractivity (Wildman–Crippen MR) is 57.7 cm³/mol. The van der Waals surface area contributed by atoms with Gasteiger partial charge in [0.15, 0.2) is 0 Å². The largest absolute Gasteiger partial charge is 0.381 e. The molecule has 1 saturated carbocycles. The van der Waals surface area contributed by atoms with E-state index in [1.807, 2.05) is 0 Å². The molecule has 1 saturated heterocycles. The lowest BCUT2D eigenvalue weighted by Crippen LogP contribution is -2.42. The molecule has 1 atom stereocenters. The zero-order valence-corrected chi connectivity index (χ0v) is 9.13. The summed E-state index contributed by atoms with van der Waals surface area (Å²) in [6, 6.07) is 0.402. The minimum Gasteiger partial charge on any atom is -0.381 e. The summed E-state index contributed by atoms with van der Waals surface area (Å²) in [6.07, 6.45) is 5.85. The van der Waals surface area contributed by atoms with Crippen LogP contribution in [0.4, 0.5) is 4.79 Å². The molecule has 0 bridgehead atoms. The number of hydrogen-bond acceptors (Lipinski definition) is 2. The van der Waals surface area contributed by atoms with E-state index >= 15 is 0 Å². The second-order valence-electron chi connectivity index (χ2n) is 4.57. The molecule has 15 heavy (non-hydrogen) atoms. The van der Waals surface area contributed by atoms with Gasteiger partial charge >= 0.3 is 6.03 Å². The van der Waals surface area contributed by atoms with E-state index in [1.54, 1.807) is 0 Å². The molecule has 1 unspecified atom stereocenters. The lowest BCUT2D eigenvalue weighted by Gasteiger charge is -2.14. The summed E-state index contributed by atoms with van der Waals surface area (Å²) in [5, 5.41) is 5.93. The van der Waals surface area contributed by atoms with Gasteiger partial charge in [-0.25, -0.2) is 4.79 Å². The summed E-state index contributed by atoms with van der Waals surface area (Å²) in [4.78, 5) is 11.5. The van der Waals surface area contributed by atoms with Gasteiger partial charge in [-0.05, 0) is 19.3 Å². The molecular weight excluding hydrogens is 192 g/mol. The van der Waals surface area contributed by atoms with E-state index in [4.69, 9.17) is 4.74 Å². The van der Waals surface area contributed by atoms with Crippen molar-refractivity contribution in [3.8, 4) is 0 Å². The molecule has 86 valence electrons. The van der Waals surface area contributed by atoms with Crippen molar-refractivity contribution in [2.24, 2.45) is 5.92 Å². The normalized spacial score (nSPS) is 26.8. The second kappa shape index (κ2) is 5.35. The lowest BCUT2D eigenvalue weighted by molar-refractivity contribution is 0.185. The lowest BCUT2D eigenvalue weighted by atomic mass is 10.1. The number of ether oxygens (including phenoxy) is 1. The highest BCUT2D eigenvalue weighted by Gasteiger charge is 2.19. The quantitative estimate of drug-likeness (QED) is 0.740. The first kappa shape index (κ1) is 10.7. The minimum atomic E-state index is -0.00574. The van der Waals surface area contributed by atoms with Crippen LogP contribution in [0.3, 0.4) is 0 Å². The Balaban J connectivity index is 1.59. The van der Waals surface area contributed by atoms with Crippen molar-refractivity contribution >= 4 is 6.03 Å². The van der Waals surface area contributed by atoms with Crippen LogP contribution in [-0.2, 0) is 4.74 Å². The Morgan fingerprint density at radius 1 is 1.27 bits per heavy atom. The van der Waals surface area contributed by atoms with Crippen LogP contribution in [0.2, 0.25) is 0 Å². The molecule has 2 rings (SSSR count). The molecule has 0 aromatic carbocycles. The van der Waals surface area contributed by atoms with Crippen molar-refractivity contribution in [1.29, 1.82) is 0 Å². The molecule has 2 aliphatic rings. The maximum absolute atomic E-state index is 11.5. The molecule has 0 aromatic heterocycles. The summed E-state index contributed by atoms with van der Waals surface area (Å²) in [7, 11) is 0. The highest BCUT2D eigenvalue weighted by molar-refractivity contribution is 5.74. The van der Waals surface area contributed by atoms with Gasteiger partial charge in [0.2, 0.25) is 0 Å². The molecule has 1 heterocycles. The SMILES string of the molecule is O=C(NCC1CCOC1)NC1CCCC1. The average Bonchev–Trinajstić information content (AvgIpc) is 2.86. The maximum atomic E-state index is 11.5. The van der Waals surface area contributed by atoms with E-state index in [0.717, 1.165) is 39.0 Å². The van der Waals surface area contributed by atoms with E-state index < -0.39 is 0 Å². The number of nitrogens with one attached hydrogen (secondary N) is 2. The molecule has 1 aliphatic heterocycles. The van der Waals surface area contributed by atoms with E-state index in [2.05, 4.69) is 10.6 Å². The topological polar surface area (TPSA) is 50.4 Å². The Kier molecular flexibility index (Phi) is 3.83. The fourth-order valence-corrected chi connectivity index (χ4v) is 2.29. The van der Waals surface area contributed by atoms with Gasteiger partial charge in [-0.15, -0.1) is 0 Å². The fourth-order valence-electron chi connectivity index (χ4n) is 2.29. The van der Waals surface area contributed by atoms with Crippen molar-refractivity contribution in [2.45, 2.75) is 38.1 Å². The monoisotopic (exact) mass is 212 g/mol. The smallest absolute Gasteiger partial charge is 0.315 e. The van der Waals surface area contributed by atoms with Crippen molar-refractivity contribution < 1.29 is 9.53 Å². The molecule has 0 spiro atoms. The molecule has 0 aromatic rings. The summed E-state index contributed by atoms with van der Waals surface area (Å²) in [5.74, 6) is 0.513. The van der Waals surface area contributed by atoms with Gasteiger partial charge in [0.1, 0.15) is 0 Å². The van der Waals surface area contributed by atoms with E-state index in [-0.39, 0.29) is 6.03 Å². The number of carbonyl (C=O) groups excluding carboxylic acids is 1. The van der Waals surface area contributed by atoms with Crippen molar-refractivity contribution in [3.05, 3.63) is 0 Å². The highest BCUT2D eigenvalue weighted by Crippen LogP contribution is 2.17. The van der Waals surface area contributed by atoms with Crippen LogP contribution in [0, 0.1) is 5.92 Å². The zero-order valence-electron chi connectivity index (χ0n) is 9.13. The third kappa shape index (κ3) is 3.38. The van der Waals surface area contributed by atoms with Gasteiger partial charge in [0.05, 0.1) is 6.61 Å². The van der Waals surface area contributed by atoms with Crippen LogP contribution in [0.25, 0.3) is 0 Å². The second-order valence-corrected chi connectivity index (χ2v) is 4.57. The summed E-state index contributed by atoms with van der Waals surface area (Å²) >= 11 is 0. The first-order valence-electron chi connectivity index (χ1n) is 5.96. The minimum absolute atomic E-state index is 0.00574. The number of carbonyl (C=O) groups is 1. The van der Waals surface area contributed by atoms with Crippen LogP contribution in [-0.4, -0.2) is 31.8 Å². The summed E-state index contributed by atoms with van der Waals surface area (Å²) in [6.45, 7) is 2.39. The molecular formula is C11H20N2O2. The first-order chi connectivity index (χ1) is 7.34. The first-order valence-corrected chi connectivity index (χ1v) is 5.96. The molecule has 2 fully saturated rings. The number of rotatable bonds is 3. The average molecular weight is 212 g/mol. The van der Waals surface area contributed by atoms with Gasteiger partial charge in [-0.2, -0.15) is 0 Å². The molecule has 2 N–H and O–H groups in total.